The van der Waals surface area contributed by atoms with Crippen molar-refractivity contribution >= 4 is 0 Å². The average molecular weight is 198 g/mol. The van der Waals surface area contributed by atoms with Crippen LogP contribution in [0.5, 0.6) is 0 Å². The zero-order valence-corrected chi connectivity index (χ0v) is 9.97. The van der Waals surface area contributed by atoms with E-state index in [1.807, 2.05) is 0 Å². The van der Waals surface area contributed by atoms with Gasteiger partial charge in [-0.05, 0) is 58.5 Å². The summed E-state index contributed by atoms with van der Waals surface area (Å²) >= 11 is 0. The highest BCUT2D eigenvalue weighted by atomic mass is 14.9. The predicted molar refractivity (Wildman–Crippen MR) is 62.3 cm³/mol. The molecule has 0 radical (unpaired) electrons. The van der Waals surface area contributed by atoms with Crippen LogP contribution in [0.25, 0.3) is 0 Å². The zero-order valence-electron chi connectivity index (χ0n) is 9.97. The summed E-state index contributed by atoms with van der Waals surface area (Å²) in [7, 11) is 0. The highest BCUT2D eigenvalue weighted by Gasteiger charge is 2.24. The van der Waals surface area contributed by atoms with Crippen LogP contribution in [0.1, 0.15) is 46.5 Å². The minimum Gasteiger partial charge on any atom is -0.330 e. The van der Waals surface area contributed by atoms with Gasteiger partial charge in [-0.1, -0.05) is 12.8 Å². The number of nitrogens with two attached hydrogens (primary N) is 1. The molecule has 3 N–H and O–H groups in total. The highest BCUT2D eigenvalue weighted by molar-refractivity contribution is 4.80. The molecule has 2 atom stereocenters. The fraction of sp³-hybridized carbons (Fsp3) is 1.00. The van der Waals surface area contributed by atoms with Gasteiger partial charge in [-0.2, -0.15) is 0 Å². The maximum Gasteiger partial charge on any atom is 0.00966 e. The Kier molecular flexibility index (Phi) is 4.39. The predicted octanol–water partition coefficient (Wildman–Crippen LogP) is 2.14. The second-order valence-corrected chi connectivity index (χ2v) is 5.67. The van der Waals surface area contributed by atoms with Crippen LogP contribution in [-0.2, 0) is 0 Å². The minimum absolute atomic E-state index is 0.247. The van der Waals surface area contributed by atoms with E-state index in [-0.39, 0.29) is 5.54 Å². The molecule has 1 fully saturated rings. The molecule has 2 unspecified atom stereocenters. The maximum atomic E-state index is 5.81. The normalized spacial score (nSPS) is 29.1. The van der Waals surface area contributed by atoms with Crippen LogP contribution in [0.2, 0.25) is 0 Å². The van der Waals surface area contributed by atoms with E-state index in [2.05, 4.69) is 26.1 Å². The Bertz CT molecular complexity index is 160. The van der Waals surface area contributed by atoms with E-state index in [1.165, 1.54) is 25.7 Å². The van der Waals surface area contributed by atoms with Gasteiger partial charge in [0.1, 0.15) is 0 Å². The fourth-order valence-corrected chi connectivity index (χ4v) is 2.30. The van der Waals surface area contributed by atoms with E-state index in [9.17, 15) is 0 Å². The first-order valence-electron chi connectivity index (χ1n) is 5.98. The summed E-state index contributed by atoms with van der Waals surface area (Å²) in [4.78, 5) is 0. The molecule has 1 aliphatic rings. The van der Waals surface area contributed by atoms with Gasteiger partial charge in [-0.3, -0.25) is 0 Å². The fourth-order valence-electron chi connectivity index (χ4n) is 2.30. The van der Waals surface area contributed by atoms with Gasteiger partial charge in [0.15, 0.2) is 0 Å². The van der Waals surface area contributed by atoms with Crippen molar-refractivity contribution in [2.75, 3.05) is 13.1 Å². The molecule has 0 bridgehead atoms. The average Bonchev–Trinajstić information content (AvgIpc) is 2.14. The first kappa shape index (κ1) is 12.0. The van der Waals surface area contributed by atoms with Gasteiger partial charge in [0.05, 0.1) is 0 Å². The van der Waals surface area contributed by atoms with Crippen molar-refractivity contribution in [3.63, 3.8) is 0 Å². The zero-order chi connectivity index (χ0) is 10.6. The quantitative estimate of drug-likeness (QED) is 0.729. The molecule has 0 aromatic carbocycles. The Morgan fingerprint density at radius 1 is 1.14 bits per heavy atom. The van der Waals surface area contributed by atoms with Crippen LogP contribution in [0.15, 0.2) is 0 Å². The van der Waals surface area contributed by atoms with Gasteiger partial charge in [0.25, 0.3) is 0 Å². The molecule has 0 aromatic rings. The molecule has 0 saturated heterocycles. The van der Waals surface area contributed by atoms with E-state index in [0.717, 1.165) is 24.9 Å². The summed E-state index contributed by atoms with van der Waals surface area (Å²) in [5, 5.41) is 3.60. The van der Waals surface area contributed by atoms with E-state index in [0.29, 0.717) is 0 Å². The molecule has 2 nitrogen and oxygen atoms in total. The van der Waals surface area contributed by atoms with Crippen LogP contribution in [0, 0.1) is 11.8 Å². The second kappa shape index (κ2) is 5.13. The summed E-state index contributed by atoms with van der Waals surface area (Å²) in [5.74, 6) is 1.58. The third-order valence-corrected chi connectivity index (χ3v) is 3.26. The highest BCUT2D eigenvalue weighted by Crippen LogP contribution is 2.28. The van der Waals surface area contributed by atoms with Crippen molar-refractivity contribution in [3.05, 3.63) is 0 Å². The SMILES string of the molecule is CC(C)(C)NCC1CCCCC1CN. The number of rotatable bonds is 3. The first-order chi connectivity index (χ1) is 6.53. The van der Waals surface area contributed by atoms with Crippen molar-refractivity contribution in [1.29, 1.82) is 0 Å². The lowest BCUT2D eigenvalue weighted by molar-refractivity contribution is 0.220. The molecular formula is C12H26N2. The van der Waals surface area contributed by atoms with Gasteiger partial charge in [0.2, 0.25) is 0 Å². The number of hydrogen-bond donors (Lipinski definition) is 2. The van der Waals surface area contributed by atoms with Crippen molar-refractivity contribution in [3.8, 4) is 0 Å². The van der Waals surface area contributed by atoms with Crippen LogP contribution in [0.3, 0.4) is 0 Å². The molecule has 14 heavy (non-hydrogen) atoms. The smallest absolute Gasteiger partial charge is 0.00966 e. The summed E-state index contributed by atoms with van der Waals surface area (Å²) in [6.45, 7) is 8.70. The second-order valence-electron chi connectivity index (χ2n) is 5.67. The molecule has 0 amide bonds. The lowest BCUT2D eigenvalue weighted by Gasteiger charge is -2.33. The van der Waals surface area contributed by atoms with E-state index in [4.69, 9.17) is 5.73 Å². The largest absolute Gasteiger partial charge is 0.330 e. The maximum absolute atomic E-state index is 5.81. The van der Waals surface area contributed by atoms with Gasteiger partial charge in [-0.25, -0.2) is 0 Å². The van der Waals surface area contributed by atoms with Crippen LogP contribution >= 0.6 is 0 Å². The minimum atomic E-state index is 0.247. The van der Waals surface area contributed by atoms with Gasteiger partial charge in [0, 0.05) is 5.54 Å². The Hall–Kier alpha value is -0.0800. The monoisotopic (exact) mass is 198 g/mol. The molecule has 1 aliphatic carbocycles. The Morgan fingerprint density at radius 2 is 1.71 bits per heavy atom. The summed E-state index contributed by atoms with van der Waals surface area (Å²) in [5.41, 5.74) is 6.05. The molecule has 0 aromatic heterocycles. The number of hydrogen-bond acceptors (Lipinski definition) is 2. The van der Waals surface area contributed by atoms with E-state index in [1.54, 1.807) is 0 Å². The molecule has 2 heteroatoms. The van der Waals surface area contributed by atoms with Crippen LogP contribution < -0.4 is 11.1 Å². The molecular weight excluding hydrogens is 172 g/mol. The van der Waals surface area contributed by atoms with Crippen molar-refractivity contribution in [1.82, 2.24) is 5.32 Å². The van der Waals surface area contributed by atoms with Gasteiger partial charge < -0.3 is 11.1 Å². The standard InChI is InChI=1S/C12H26N2/c1-12(2,3)14-9-11-7-5-4-6-10(11)8-13/h10-11,14H,4-9,13H2,1-3H3. The third kappa shape index (κ3) is 3.97. The van der Waals surface area contributed by atoms with Crippen molar-refractivity contribution in [2.45, 2.75) is 52.0 Å². The van der Waals surface area contributed by atoms with E-state index < -0.39 is 0 Å². The van der Waals surface area contributed by atoms with Crippen molar-refractivity contribution in [2.24, 2.45) is 17.6 Å². The first-order valence-corrected chi connectivity index (χ1v) is 5.98. The molecule has 0 spiro atoms. The molecule has 84 valence electrons. The topological polar surface area (TPSA) is 38.0 Å². The lowest BCUT2D eigenvalue weighted by atomic mass is 9.79. The van der Waals surface area contributed by atoms with Gasteiger partial charge in [-0.15, -0.1) is 0 Å². The molecule has 1 rings (SSSR count). The molecule has 0 heterocycles. The van der Waals surface area contributed by atoms with Crippen LogP contribution in [0.4, 0.5) is 0 Å². The summed E-state index contributed by atoms with van der Waals surface area (Å²) in [6.07, 6.45) is 5.48. The summed E-state index contributed by atoms with van der Waals surface area (Å²) < 4.78 is 0. The number of nitrogens with one attached hydrogen (secondary N) is 1. The van der Waals surface area contributed by atoms with E-state index >= 15 is 0 Å². The Balaban J connectivity index is 2.33. The molecule has 1 saturated carbocycles. The van der Waals surface area contributed by atoms with Crippen molar-refractivity contribution < 1.29 is 0 Å². The lowest BCUT2D eigenvalue weighted by Crippen LogP contribution is -2.42. The molecule has 0 aliphatic heterocycles. The summed E-state index contributed by atoms with van der Waals surface area (Å²) in [6, 6.07) is 0. The van der Waals surface area contributed by atoms with Gasteiger partial charge >= 0.3 is 0 Å². The van der Waals surface area contributed by atoms with Crippen LogP contribution in [-0.4, -0.2) is 18.6 Å². The third-order valence-electron chi connectivity index (χ3n) is 3.26. The Morgan fingerprint density at radius 3 is 2.21 bits per heavy atom. The Labute approximate surface area is 88.6 Å².